The molecule has 2 unspecified atom stereocenters. The van der Waals surface area contributed by atoms with Gasteiger partial charge in [-0.1, -0.05) is 13.8 Å². The fraction of sp³-hybridized carbons (Fsp3) is 0.778. The van der Waals surface area contributed by atoms with Crippen LogP contribution in [0, 0.1) is 11.8 Å². The molecule has 2 fully saturated rings. The SMILES string of the molecule is C[C@H]1CCN[C@H](C(=O)OC(=O)C(O)C(O)C(=O)OC(=O)[C@@H]2C[C@@H](C)CCN2)C1. The van der Waals surface area contributed by atoms with E-state index in [0.29, 0.717) is 25.9 Å². The quantitative estimate of drug-likeness (QED) is 0.321. The average Bonchev–Trinajstić information content (AvgIpc) is 2.66. The second-order valence-electron chi connectivity index (χ2n) is 7.64. The third-order valence-electron chi connectivity index (χ3n) is 5.09. The minimum absolute atomic E-state index is 0.265. The van der Waals surface area contributed by atoms with Gasteiger partial charge in [0.15, 0.2) is 12.2 Å². The van der Waals surface area contributed by atoms with Gasteiger partial charge in [-0.05, 0) is 50.6 Å². The van der Waals surface area contributed by atoms with Crippen LogP contribution in [0.25, 0.3) is 0 Å². The fourth-order valence-electron chi connectivity index (χ4n) is 3.29. The van der Waals surface area contributed by atoms with Gasteiger partial charge in [0.1, 0.15) is 12.1 Å². The number of aliphatic hydroxyl groups is 2. The number of ether oxygens (including phenoxy) is 2. The van der Waals surface area contributed by atoms with Crippen LogP contribution in [0.2, 0.25) is 0 Å². The summed E-state index contributed by atoms with van der Waals surface area (Å²) in [5, 5.41) is 25.4. The first kappa shape index (κ1) is 22.4. The highest BCUT2D eigenvalue weighted by molar-refractivity contribution is 5.96. The van der Waals surface area contributed by atoms with Crippen molar-refractivity contribution in [2.45, 2.75) is 63.8 Å². The molecule has 4 N–H and O–H groups in total. The summed E-state index contributed by atoms with van der Waals surface area (Å²) in [6.07, 6.45) is -1.99. The van der Waals surface area contributed by atoms with Gasteiger partial charge < -0.3 is 30.3 Å². The van der Waals surface area contributed by atoms with Crippen LogP contribution in [0.3, 0.4) is 0 Å². The van der Waals surface area contributed by atoms with Crippen molar-refractivity contribution in [1.82, 2.24) is 10.6 Å². The van der Waals surface area contributed by atoms with Gasteiger partial charge in [-0.2, -0.15) is 0 Å². The second-order valence-corrected chi connectivity index (χ2v) is 7.64. The number of carbonyl (C=O) groups is 4. The van der Waals surface area contributed by atoms with Crippen molar-refractivity contribution in [1.29, 1.82) is 0 Å². The Kier molecular flexibility index (Phi) is 8.05. The maximum Gasteiger partial charge on any atom is 0.346 e. The lowest BCUT2D eigenvalue weighted by atomic mass is 9.94. The zero-order valence-electron chi connectivity index (χ0n) is 16.1. The number of esters is 4. The molecule has 28 heavy (non-hydrogen) atoms. The Labute approximate surface area is 162 Å². The Hall–Kier alpha value is -1.88. The lowest BCUT2D eigenvalue weighted by molar-refractivity contribution is -0.182. The standard InChI is InChI=1S/C18H28N2O8/c1-9-3-5-19-11(7-9)15(23)27-17(25)13(21)14(22)18(26)28-16(24)12-8-10(2)4-6-20-12/h9-14,19-22H,3-8H2,1-2H3/t9-,10-,11-,12-,13?,14?/m0/s1. The molecule has 0 spiro atoms. The number of piperidine rings is 2. The van der Waals surface area contributed by atoms with E-state index in [2.05, 4.69) is 20.1 Å². The molecule has 0 aromatic carbocycles. The van der Waals surface area contributed by atoms with Gasteiger partial charge >= 0.3 is 23.9 Å². The molecule has 0 amide bonds. The van der Waals surface area contributed by atoms with Crippen molar-refractivity contribution in [3.05, 3.63) is 0 Å². The lowest BCUT2D eigenvalue weighted by Crippen LogP contribution is -2.49. The molecule has 2 rings (SSSR count). The predicted molar refractivity (Wildman–Crippen MR) is 94.6 cm³/mol. The van der Waals surface area contributed by atoms with E-state index in [0.717, 1.165) is 12.8 Å². The third-order valence-corrected chi connectivity index (χ3v) is 5.09. The number of nitrogens with one attached hydrogen (secondary N) is 2. The van der Waals surface area contributed by atoms with E-state index in [9.17, 15) is 29.4 Å². The normalized spacial score (nSPS) is 30.0. The number of hydrogen-bond donors (Lipinski definition) is 4. The highest BCUT2D eigenvalue weighted by Crippen LogP contribution is 2.17. The minimum atomic E-state index is -2.34. The van der Waals surface area contributed by atoms with E-state index in [1.807, 2.05) is 13.8 Å². The molecule has 0 aliphatic carbocycles. The first-order valence-electron chi connectivity index (χ1n) is 9.53. The second kappa shape index (κ2) is 10.1. The molecule has 0 bridgehead atoms. The van der Waals surface area contributed by atoms with E-state index in [1.54, 1.807) is 0 Å². The number of rotatable bonds is 5. The van der Waals surface area contributed by atoms with Crippen molar-refractivity contribution in [3.63, 3.8) is 0 Å². The first-order chi connectivity index (χ1) is 13.2. The summed E-state index contributed by atoms with van der Waals surface area (Å²) in [5.74, 6) is -4.22. The predicted octanol–water partition coefficient (Wildman–Crippen LogP) is -1.38. The smallest absolute Gasteiger partial charge is 0.346 e. The summed E-state index contributed by atoms with van der Waals surface area (Å²) in [6.45, 7) is 5.08. The van der Waals surface area contributed by atoms with Crippen LogP contribution >= 0.6 is 0 Å². The average molecular weight is 400 g/mol. The van der Waals surface area contributed by atoms with E-state index in [1.165, 1.54) is 0 Å². The zero-order chi connectivity index (χ0) is 20.8. The molecule has 0 aromatic heterocycles. The van der Waals surface area contributed by atoms with Gasteiger partial charge in [0, 0.05) is 0 Å². The molecule has 2 heterocycles. The van der Waals surface area contributed by atoms with Gasteiger partial charge in [-0.15, -0.1) is 0 Å². The van der Waals surface area contributed by atoms with E-state index in [4.69, 9.17) is 0 Å². The molecule has 0 radical (unpaired) electrons. The summed E-state index contributed by atoms with van der Waals surface area (Å²) in [6, 6.07) is -1.41. The number of aliphatic hydroxyl groups excluding tert-OH is 2. The molecular weight excluding hydrogens is 372 g/mol. The fourth-order valence-corrected chi connectivity index (χ4v) is 3.29. The maximum absolute atomic E-state index is 12.0. The van der Waals surface area contributed by atoms with Crippen LogP contribution in [-0.2, 0) is 28.7 Å². The molecule has 10 heteroatoms. The van der Waals surface area contributed by atoms with Crippen molar-refractivity contribution in [3.8, 4) is 0 Å². The van der Waals surface area contributed by atoms with Gasteiger partial charge in [-0.25, -0.2) is 19.2 Å². The van der Waals surface area contributed by atoms with E-state index >= 15 is 0 Å². The van der Waals surface area contributed by atoms with Crippen molar-refractivity contribution >= 4 is 23.9 Å². The molecule has 2 saturated heterocycles. The van der Waals surface area contributed by atoms with Crippen LogP contribution in [0.5, 0.6) is 0 Å². The molecule has 158 valence electrons. The summed E-state index contributed by atoms with van der Waals surface area (Å²) in [7, 11) is 0. The number of carbonyl (C=O) groups excluding carboxylic acids is 4. The summed E-state index contributed by atoms with van der Waals surface area (Å²) in [4.78, 5) is 47.7. The molecule has 6 atom stereocenters. The largest absolute Gasteiger partial charge is 0.390 e. The highest BCUT2D eigenvalue weighted by Gasteiger charge is 2.38. The Morgan fingerprint density at radius 1 is 0.786 bits per heavy atom. The van der Waals surface area contributed by atoms with Gasteiger partial charge in [0.25, 0.3) is 0 Å². The monoisotopic (exact) mass is 400 g/mol. The molecule has 10 nitrogen and oxygen atoms in total. The zero-order valence-corrected chi connectivity index (χ0v) is 16.1. The number of hydrogen-bond acceptors (Lipinski definition) is 10. The Morgan fingerprint density at radius 3 is 1.46 bits per heavy atom. The maximum atomic E-state index is 12.0. The molecule has 0 saturated carbocycles. The van der Waals surface area contributed by atoms with Gasteiger partial charge in [0.05, 0.1) is 0 Å². The van der Waals surface area contributed by atoms with Crippen LogP contribution in [0.4, 0.5) is 0 Å². The molecular formula is C18H28N2O8. The topological polar surface area (TPSA) is 151 Å². The van der Waals surface area contributed by atoms with E-state index in [-0.39, 0.29) is 11.8 Å². The summed E-state index contributed by atoms with van der Waals surface area (Å²) >= 11 is 0. The van der Waals surface area contributed by atoms with Gasteiger partial charge in [-0.3, -0.25) is 0 Å². The summed E-state index contributed by atoms with van der Waals surface area (Å²) < 4.78 is 9.10. The Balaban J connectivity index is 1.83. The lowest BCUT2D eigenvalue weighted by Gasteiger charge is -2.27. The van der Waals surface area contributed by atoms with Crippen LogP contribution in [-0.4, -0.2) is 71.5 Å². The van der Waals surface area contributed by atoms with Crippen molar-refractivity contribution in [2.75, 3.05) is 13.1 Å². The van der Waals surface area contributed by atoms with Crippen molar-refractivity contribution < 1.29 is 38.9 Å². The Bertz CT molecular complexity index is 558. The van der Waals surface area contributed by atoms with Crippen LogP contribution in [0.1, 0.15) is 39.5 Å². The third kappa shape index (κ3) is 6.06. The molecule has 2 aliphatic heterocycles. The first-order valence-corrected chi connectivity index (χ1v) is 9.53. The molecule has 0 aromatic rings. The van der Waals surface area contributed by atoms with E-state index < -0.39 is 48.2 Å². The van der Waals surface area contributed by atoms with Crippen LogP contribution in [0.15, 0.2) is 0 Å². The van der Waals surface area contributed by atoms with Crippen LogP contribution < -0.4 is 10.6 Å². The Morgan fingerprint density at radius 2 is 1.14 bits per heavy atom. The minimum Gasteiger partial charge on any atom is -0.390 e. The summed E-state index contributed by atoms with van der Waals surface area (Å²) in [5.41, 5.74) is 0. The van der Waals surface area contributed by atoms with Gasteiger partial charge in [0.2, 0.25) is 0 Å². The highest BCUT2D eigenvalue weighted by atomic mass is 16.6. The van der Waals surface area contributed by atoms with Crippen molar-refractivity contribution in [2.24, 2.45) is 11.8 Å². The molecule has 2 aliphatic rings.